The van der Waals surface area contributed by atoms with Crippen molar-refractivity contribution in [2.75, 3.05) is 5.88 Å². The minimum atomic E-state index is -2.88. The highest BCUT2D eigenvalue weighted by Crippen LogP contribution is 2.15. The maximum Gasteiger partial charge on any atom is 0.387 e. The number of rotatable bonds is 7. The highest BCUT2D eigenvalue weighted by atomic mass is 35.5. The quantitative estimate of drug-likeness (QED) is 0.443. The number of benzene rings is 1. The summed E-state index contributed by atoms with van der Waals surface area (Å²) in [6, 6.07) is 5.51. The van der Waals surface area contributed by atoms with E-state index in [2.05, 4.69) is 9.84 Å². The fourth-order valence-electron chi connectivity index (χ4n) is 1.74. The SMILES string of the molecule is O=C(C=Cc1cnn(CCCl)c1)c1ccc(OC(F)F)cc1. The van der Waals surface area contributed by atoms with Crippen LogP contribution in [0.4, 0.5) is 8.78 Å². The Balaban J connectivity index is 2.00. The van der Waals surface area contributed by atoms with E-state index in [0.29, 0.717) is 18.0 Å². The molecule has 0 saturated heterocycles. The third-order valence-electron chi connectivity index (χ3n) is 2.76. The maximum absolute atomic E-state index is 12.0. The lowest BCUT2D eigenvalue weighted by atomic mass is 10.1. The second-order valence-electron chi connectivity index (χ2n) is 4.33. The number of allylic oxidation sites excluding steroid dienone is 1. The van der Waals surface area contributed by atoms with E-state index in [4.69, 9.17) is 11.6 Å². The van der Waals surface area contributed by atoms with Gasteiger partial charge in [0.15, 0.2) is 5.78 Å². The average Bonchev–Trinajstić information content (AvgIpc) is 2.93. The van der Waals surface area contributed by atoms with Crippen LogP contribution in [0.3, 0.4) is 0 Å². The van der Waals surface area contributed by atoms with Gasteiger partial charge in [-0.1, -0.05) is 0 Å². The summed E-state index contributed by atoms with van der Waals surface area (Å²) < 4.78 is 30.0. The number of hydrogen-bond donors (Lipinski definition) is 0. The predicted molar refractivity (Wildman–Crippen MR) is 79.4 cm³/mol. The van der Waals surface area contributed by atoms with Crippen molar-refractivity contribution in [2.24, 2.45) is 0 Å². The van der Waals surface area contributed by atoms with Crippen molar-refractivity contribution in [1.82, 2.24) is 9.78 Å². The van der Waals surface area contributed by atoms with Crippen LogP contribution in [0.15, 0.2) is 42.7 Å². The van der Waals surface area contributed by atoms with Gasteiger partial charge in [-0.3, -0.25) is 9.48 Å². The van der Waals surface area contributed by atoms with Gasteiger partial charge in [-0.25, -0.2) is 0 Å². The van der Waals surface area contributed by atoms with Crippen LogP contribution in [0.1, 0.15) is 15.9 Å². The summed E-state index contributed by atoms with van der Waals surface area (Å²) >= 11 is 5.61. The molecule has 0 unspecified atom stereocenters. The molecule has 2 aromatic rings. The largest absolute Gasteiger partial charge is 0.435 e. The van der Waals surface area contributed by atoms with E-state index in [1.807, 2.05) is 0 Å². The molecule has 0 fully saturated rings. The number of ether oxygens (including phenoxy) is 1. The molecule has 116 valence electrons. The number of alkyl halides is 3. The monoisotopic (exact) mass is 326 g/mol. The standard InChI is InChI=1S/C15H13ClF2N2O2/c16-7-8-20-10-11(9-19-20)1-6-14(21)12-2-4-13(5-3-12)22-15(17)18/h1-6,9-10,15H,7-8H2. The summed E-state index contributed by atoms with van der Waals surface area (Å²) in [4.78, 5) is 12.0. The van der Waals surface area contributed by atoms with E-state index >= 15 is 0 Å². The normalized spacial score (nSPS) is 11.3. The number of nitrogens with zero attached hydrogens (tertiary/aromatic N) is 2. The molecule has 0 saturated carbocycles. The van der Waals surface area contributed by atoms with Gasteiger partial charge in [0, 0.05) is 23.2 Å². The molecular weight excluding hydrogens is 314 g/mol. The van der Waals surface area contributed by atoms with Crippen molar-refractivity contribution < 1.29 is 18.3 Å². The Hall–Kier alpha value is -2.21. The van der Waals surface area contributed by atoms with Gasteiger partial charge in [0.25, 0.3) is 0 Å². The molecule has 22 heavy (non-hydrogen) atoms. The van der Waals surface area contributed by atoms with Gasteiger partial charge in [-0.15, -0.1) is 11.6 Å². The lowest BCUT2D eigenvalue weighted by Crippen LogP contribution is -2.02. The number of hydrogen-bond acceptors (Lipinski definition) is 3. The molecule has 2 rings (SSSR count). The van der Waals surface area contributed by atoms with Crippen LogP contribution in [0.5, 0.6) is 5.75 Å². The zero-order valence-corrected chi connectivity index (χ0v) is 12.2. The van der Waals surface area contributed by atoms with Crippen LogP contribution < -0.4 is 4.74 Å². The van der Waals surface area contributed by atoms with Gasteiger partial charge in [0.1, 0.15) is 5.75 Å². The van der Waals surface area contributed by atoms with Crippen LogP contribution in [0.2, 0.25) is 0 Å². The number of aromatic nitrogens is 2. The molecule has 0 atom stereocenters. The van der Waals surface area contributed by atoms with Gasteiger partial charge in [-0.05, 0) is 36.4 Å². The Morgan fingerprint density at radius 1 is 1.36 bits per heavy atom. The van der Waals surface area contributed by atoms with Gasteiger partial charge >= 0.3 is 6.61 Å². The summed E-state index contributed by atoms with van der Waals surface area (Å²) in [7, 11) is 0. The van der Waals surface area contributed by atoms with Gasteiger partial charge in [0.05, 0.1) is 12.7 Å². The van der Waals surface area contributed by atoms with Gasteiger partial charge in [-0.2, -0.15) is 13.9 Å². The molecule has 1 aromatic heterocycles. The Morgan fingerprint density at radius 2 is 2.09 bits per heavy atom. The fourth-order valence-corrected chi connectivity index (χ4v) is 1.92. The molecule has 0 spiro atoms. The zero-order chi connectivity index (χ0) is 15.9. The van der Waals surface area contributed by atoms with E-state index in [-0.39, 0.29) is 11.5 Å². The number of halogens is 3. The molecule has 0 aliphatic carbocycles. The highest BCUT2D eigenvalue weighted by molar-refractivity contribution is 6.17. The number of carbonyl (C=O) groups is 1. The molecule has 1 aromatic carbocycles. The third-order valence-corrected chi connectivity index (χ3v) is 2.93. The number of ketones is 1. The van der Waals surface area contributed by atoms with Crippen molar-refractivity contribution in [3.63, 3.8) is 0 Å². The van der Waals surface area contributed by atoms with E-state index in [9.17, 15) is 13.6 Å². The summed E-state index contributed by atoms with van der Waals surface area (Å²) in [5.41, 5.74) is 1.15. The first-order chi connectivity index (χ1) is 10.6. The summed E-state index contributed by atoms with van der Waals surface area (Å²) in [6.07, 6.45) is 6.41. The van der Waals surface area contributed by atoms with Gasteiger partial charge in [0.2, 0.25) is 0 Å². The van der Waals surface area contributed by atoms with Crippen LogP contribution in [0, 0.1) is 0 Å². The van der Waals surface area contributed by atoms with Crippen molar-refractivity contribution in [2.45, 2.75) is 13.2 Å². The van der Waals surface area contributed by atoms with Crippen LogP contribution in [-0.4, -0.2) is 28.1 Å². The molecule has 0 radical (unpaired) electrons. The number of aryl methyl sites for hydroxylation is 1. The molecule has 0 bridgehead atoms. The first-order valence-corrected chi connectivity index (χ1v) is 6.97. The Bertz CT molecular complexity index is 654. The first kappa shape index (κ1) is 16.2. The van der Waals surface area contributed by atoms with Crippen molar-refractivity contribution >= 4 is 23.5 Å². The molecule has 1 heterocycles. The Kier molecular flexibility index (Phi) is 5.66. The second-order valence-corrected chi connectivity index (χ2v) is 4.70. The summed E-state index contributed by atoms with van der Waals surface area (Å²) in [5.74, 6) is 0.225. The third kappa shape index (κ3) is 4.66. The molecule has 0 aliphatic heterocycles. The van der Waals surface area contributed by atoms with Crippen molar-refractivity contribution in [3.8, 4) is 5.75 Å². The number of carbonyl (C=O) groups excluding carboxylic acids is 1. The van der Waals surface area contributed by atoms with Crippen LogP contribution in [0.25, 0.3) is 6.08 Å². The highest BCUT2D eigenvalue weighted by Gasteiger charge is 2.06. The van der Waals surface area contributed by atoms with Crippen molar-refractivity contribution in [3.05, 3.63) is 53.9 Å². The van der Waals surface area contributed by atoms with E-state index in [1.165, 1.54) is 30.3 Å². The Labute approximate surface area is 131 Å². The smallest absolute Gasteiger partial charge is 0.387 e. The molecule has 0 amide bonds. The van der Waals surface area contributed by atoms with Crippen molar-refractivity contribution in [1.29, 1.82) is 0 Å². The maximum atomic E-state index is 12.0. The molecule has 4 nitrogen and oxygen atoms in total. The van der Waals surface area contributed by atoms with Crippen LogP contribution >= 0.6 is 11.6 Å². The molecule has 0 aliphatic rings. The lowest BCUT2D eigenvalue weighted by Gasteiger charge is -2.04. The lowest BCUT2D eigenvalue weighted by molar-refractivity contribution is -0.0498. The fraction of sp³-hybridized carbons (Fsp3) is 0.200. The predicted octanol–water partition coefficient (Wildman–Crippen LogP) is 3.62. The zero-order valence-electron chi connectivity index (χ0n) is 11.5. The molecule has 0 N–H and O–H groups in total. The average molecular weight is 327 g/mol. The second kappa shape index (κ2) is 7.70. The topological polar surface area (TPSA) is 44.1 Å². The molecular formula is C15H13ClF2N2O2. The van der Waals surface area contributed by atoms with E-state index in [1.54, 1.807) is 23.2 Å². The van der Waals surface area contributed by atoms with Crippen LogP contribution in [-0.2, 0) is 6.54 Å². The molecule has 7 heteroatoms. The van der Waals surface area contributed by atoms with Gasteiger partial charge < -0.3 is 4.74 Å². The Morgan fingerprint density at radius 3 is 2.73 bits per heavy atom. The minimum Gasteiger partial charge on any atom is -0.435 e. The first-order valence-electron chi connectivity index (χ1n) is 6.44. The minimum absolute atomic E-state index is 0.0119. The summed E-state index contributed by atoms with van der Waals surface area (Å²) in [5, 5.41) is 4.08. The summed E-state index contributed by atoms with van der Waals surface area (Å²) in [6.45, 7) is -2.29. The van der Waals surface area contributed by atoms with E-state index < -0.39 is 6.61 Å². The van der Waals surface area contributed by atoms with E-state index in [0.717, 1.165) is 5.56 Å².